The zero-order chi connectivity index (χ0) is 12.3. The minimum absolute atomic E-state index is 0.261. The Morgan fingerprint density at radius 1 is 1.59 bits per heavy atom. The van der Waals surface area contributed by atoms with Gasteiger partial charge in [-0.05, 0) is 12.8 Å². The Kier molecular flexibility index (Phi) is 2.87. The van der Waals surface area contributed by atoms with E-state index in [1.165, 1.54) is 6.33 Å². The number of H-pyrrole nitrogens is 1. The second-order valence-electron chi connectivity index (χ2n) is 3.03. The van der Waals surface area contributed by atoms with Crippen molar-refractivity contribution in [3.63, 3.8) is 0 Å². The molecule has 2 aromatic rings. The normalized spacial score (nSPS) is 9.71. The Balaban J connectivity index is 2.40. The fraction of sp³-hybridized carbons (Fsp3) is 0.200. The zero-order valence-corrected chi connectivity index (χ0v) is 9.02. The van der Waals surface area contributed by atoms with Gasteiger partial charge in [-0.25, -0.2) is 14.8 Å². The first-order valence-electron chi connectivity index (χ1n) is 4.85. The van der Waals surface area contributed by atoms with Gasteiger partial charge in [0.05, 0.1) is 12.0 Å². The van der Waals surface area contributed by atoms with Crippen molar-refractivity contribution in [3.05, 3.63) is 12.0 Å². The van der Waals surface area contributed by atoms with Crippen molar-refractivity contribution >= 4 is 22.8 Å². The van der Waals surface area contributed by atoms with Crippen LogP contribution in [0.4, 0.5) is 5.82 Å². The zero-order valence-electron chi connectivity index (χ0n) is 9.02. The van der Waals surface area contributed by atoms with Crippen LogP contribution in [-0.4, -0.2) is 32.7 Å². The maximum Gasteiger partial charge on any atom is 0.384 e. The highest BCUT2D eigenvalue weighted by atomic mass is 16.5. The van der Waals surface area contributed by atoms with Crippen LogP contribution in [0, 0.1) is 11.8 Å². The summed E-state index contributed by atoms with van der Waals surface area (Å²) in [5.74, 6) is 4.56. The standard InChI is InChI=1S/C10H9N5O2/c1-2-17-7(16)4-3-6-8-9(11)12-5-13-10(8)15-14-6/h5H,2H2,1H3,(H3,11,12,13,14,15). The first-order chi connectivity index (χ1) is 8.22. The highest BCUT2D eigenvalue weighted by Crippen LogP contribution is 2.17. The van der Waals surface area contributed by atoms with Gasteiger partial charge in [0.25, 0.3) is 0 Å². The van der Waals surface area contributed by atoms with Crippen molar-refractivity contribution < 1.29 is 9.53 Å². The van der Waals surface area contributed by atoms with Crippen molar-refractivity contribution in [2.24, 2.45) is 0 Å². The number of nitrogens with two attached hydrogens (primary N) is 1. The van der Waals surface area contributed by atoms with Crippen molar-refractivity contribution in [2.45, 2.75) is 6.92 Å². The Labute approximate surface area is 96.4 Å². The predicted molar refractivity (Wildman–Crippen MR) is 59.6 cm³/mol. The smallest absolute Gasteiger partial charge is 0.384 e. The number of hydrogen-bond donors (Lipinski definition) is 2. The summed E-state index contributed by atoms with van der Waals surface area (Å²) in [6.07, 6.45) is 1.31. The highest BCUT2D eigenvalue weighted by molar-refractivity contribution is 5.93. The molecule has 17 heavy (non-hydrogen) atoms. The van der Waals surface area contributed by atoms with Crippen LogP contribution in [0.2, 0.25) is 0 Å². The molecule has 2 rings (SSSR count). The SMILES string of the molecule is CCOC(=O)C#Cc1[nH]nc2ncnc(N)c12. The summed E-state index contributed by atoms with van der Waals surface area (Å²) in [4.78, 5) is 18.8. The number of anilines is 1. The van der Waals surface area contributed by atoms with Gasteiger partial charge >= 0.3 is 5.97 Å². The van der Waals surface area contributed by atoms with Gasteiger partial charge in [-0.3, -0.25) is 5.10 Å². The predicted octanol–water partition coefficient (Wildman–Crippen LogP) is -0.150. The van der Waals surface area contributed by atoms with E-state index >= 15 is 0 Å². The molecule has 2 heterocycles. The molecule has 0 aliphatic rings. The van der Waals surface area contributed by atoms with Crippen LogP contribution in [0.1, 0.15) is 12.6 Å². The second-order valence-corrected chi connectivity index (χ2v) is 3.03. The Morgan fingerprint density at radius 3 is 3.18 bits per heavy atom. The van der Waals surface area contributed by atoms with E-state index in [1.54, 1.807) is 6.92 Å². The van der Waals surface area contributed by atoms with Crippen molar-refractivity contribution in [2.75, 3.05) is 12.3 Å². The average molecular weight is 231 g/mol. The molecule has 0 radical (unpaired) electrons. The van der Waals surface area contributed by atoms with E-state index in [2.05, 4.69) is 36.7 Å². The number of nitrogens with zero attached hydrogens (tertiary/aromatic N) is 3. The molecule has 3 N–H and O–H groups in total. The number of carbonyl (C=O) groups is 1. The van der Waals surface area contributed by atoms with Gasteiger partial charge in [0, 0.05) is 5.92 Å². The molecule has 0 spiro atoms. The first-order valence-corrected chi connectivity index (χ1v) is 4.85. The summed E-state index contributed by atoms with van der Waals surface area (Å²) >= 11 is 0. The number of ether oxygens (including phenoxy) is 1. The third kappa shape index (κ3) is 2.15. The number of rotatable bonds is 1. The van der Waals surface area contributed by atoms with Crippen LogP contribution in [0.5, 0.6) is 0 Å². The molecule has 2 aromatic heterocycles. The molecule has 0 fully saturated rings. The molecule has 0 atom stereocenters. The van der Waals surface area contributed by atoms with Crippen LogP contribution < -0.4 is 5.73 Å². The van der Waals surface area contributed by atoms with Crippen LogP contribution >= 0.6 is 0 Å². The van der Waals surface area contributed by atoms with E-state index in [1.807, 2.05) is 0 Å². The van der Waals surface area contributed by atoms with Gasteiger partial charge in [0.1, 0.15) is 17.8 Å². The summed E-state index contributed by atoms with van der Waals surface area (Å²) in [6, 6.07) is 0. The van der Waals surface area contributed by atoms with Crippen molar-refractivity contribution in [1.82, 2.24) is 20.2 Å². The number of nitrogens with one attached hydrogen (secondary N) is 1. The number of hydrogen-bond acceptors (Lipinski definition) is 6. The molecular weight excluding hydrogens is 222 g/mol. The van der Waals surface area contributed by atoms with Crippen molar-refractivity contribution in [1.29, 1.82) is 0 Å². The van der Waals surface area contributed by atoms with E-state index in [0.717, 1.165) is 0 Å². The van der Waals surface area contributed by atoms with E-state index in [0.29, 0.717) is 16.7 Å². The van der Waals surface area contributed by atoms with Gasteiger partial charge in [-0.1, -0.05) is 0 Å². The maximum atomic E-state index is 11.1. The highest BCUT2D eigenvalue weighted by Gasteiger charge is 2.08. The molecule has 0 aliphatic carbocycles. The van der Waals surface area contributed by atoms with E-state index in [-0.39, 0.29) is 12.4 Å². The molecule has 7 nitrogen and oxygen atoms in total. The number of esters is 1. The lowest BCUT2D eigenvalue weighted by atomic mass is 10.3. The van der Waals surface area contributed by atoms with Gasteiger partial charge in [-0.2, -0.15) is 5.10 Å². The Morgan fingerprint density at radius 2 is 2.41 bits per heavy atom. The molecule has 0 aromatic carbocycles. The summed E-state index contributed by atoms with van der Waals surface area (Å²) < 4.78 is 4.67. The van der Waals surface area contributed by atoms with Gasteiger partial charge in [0.15, 0.2) is 5.65 Å². The average Bonchev–Trinajstić information content (AvgIpc) is 2.71. The van der Waals surface area contributed by atoms with E-state index in [4.69, 9.17) is 5.73 Å². The topological polar surface area (TPSA) is 107 Å². The third-order valence-electron chi connectivity index (χ3n) is 1.95. The molecule has 0 aliphatic heterocycles. The number of fused-ring (bicyclic) bond motifs is 1. The number of aromatic amines is 1. The van der Waals surface area contributed by atoms with Crippen LogP contribution in [-0.2, 0) is 9.53 Å². The summed E-state index contributed by atoms with van der Waals surface area (Å²) in [5.41, 5.74) is 6.47. The minimum atomic E-state index is -0.606. The van der Waals surface area contributed by atoms with Crippen LogP contribution in [0.15, 0.2) is 6.33 Å². The third-order valence-corrected chi connectivity index (χ3v) is 1.95. The largest absolute Gasteiger partial charge is 0.456 e. The molecular formula is C10H9N5O2. The second kappa shape index (κ2) is 4.49. The van der Waals surface area contributed by atoms with Gasteiger partial charge in [-0.15, -0.1) is 0 Å². The molecule has 86 valence electrons. The maximum absolute atomic E-state index is 11.1. The number of aromatic nitrogens is 4. The quantitative estimate of drug-likeness (QED) is 0.522. The molecule has 0 saturated carbocycles. The molecule has 0 unspecified atom stereocenters. The Hall–Kier alpha value is -2.62. The van der Waals surface area contributed by atoms with Crippen LogP contribution in [0.3, 0.4) is 0 Å². The lowest BCUT2D eigenvalue weighted by Gasteiger charge is -1.92. The summed E-state index contributed by atoms with van der Waals surface area (Å²) in [5, 5.41) is 7.03. The molecule has 7 heteroatoms. The monoisotopic (exact) mass is 231 g/mol. The fourth-order valence-corrected chi connectivity index (χ4v) is 1.25. The summed E-state index contributed by atoms with van der Waals surface area (Å²) in [7, 11) is 0. The number of carbonyl (C=O) groups excluding carboxylic acids is 1. The van der Waals surface area contributed by atoms with E-state index < -0.39 is 5.97 Å². The lowest BCUT2D eigenvalue weighted by molar-refractivity contribution is -0.136. The molecule has 0 bridgehead atoms. The van der Waals surface area contributed by atoms with Crippen molar-refractivity contribution in [3.8, 4) is 11.8 Å². The van der Waals surface area contributed by atoms with Crippen LogP contribution in [0.25, 0.3) is 11.0 Å². The fourth-order valence-electron chi connectivity index (χ4n) is 1.25. The number of nitrogen functional groups attached to an aromatic ring is 1. The lowest BCUT2D eigenvalue weighted by Crippen LogP contribution is -1.99. The molecule has 0 saturated heterocycles. The van der Waals surface area contributed by atoms with Gasteiger partial charge in [0.2, 0.25) is 0 Å². The van der Waals surface area contributed by atoms with Gasteiger partial charge < -0.3 is 10.5 Å². The first kappa shape index (κ1) is 10.9. The Bertz CT molecular complexity index is 622. The summed E-state index contributed by atoms with van der Waals surface area (Å²) in [6.45, 7) is 1.99. The minimum Gasteiger partial charge on any atom is -0.456 e. The molecule has 0 amide bonds. The van der Waals surface area contributed by atoms with E-state index in [9.17, 15) is 4.79 Å².